The molecule has 0 amide bonds. The van der Waals surface area contributed by atoms with Gasteiger partial charge in [0, 0.05) is 26.2 Å². The zero-order valence-corrected chi connectivity index (χ0v) is 34.2. The number of rotatable bonds is 26. The van der Waals surface area contributed by atoms with Gasteiger partial charge >= 0.3 is 17.9 Å². The van der Waals surface area contributed by atoms with E-state index in [1.807, 2.05) is 0 Å². The number of benzene rings is 3. The number of hydrogen-bond donors (Lipinski definition) is 0. The normalized spacial score (nSPS) is 13.4. The average molecular weight is 789 g/mol. The van der Waals surface area contributed by atoms with Crippen LogP contribution in [0.15, 0.2) is 85.5 Å². The van der Waals surface area contributed by atoms with Gasteiger partial charge < -0.3 is 33.2 Å². The maximum Gasteiger partial charge on any atom is 0.343 e. The lowest BCUT2D eigenvalue weighted by Crippen LogP contribution is -2.22. The molecule has 1 heterocycles. The maximum absolute atomic E-state index is 12.2. The second kappa shape index (κ2) is 29.6. The first-order chi connectivity index (χ1) is 27.8. The molecule has 1 unspecified atom stereocenters. The highest BCUT2D eigenvalue weighted by molar-refractivity contribution is 5.91. The van der Waals surface area contributed by atoms with Crippen molar-refractivity contribution in [2.24, 2.45) is 0 Å². The van der Waals surface area contributed by atoms with Gasteiger partial charge in [-0.3, -0.25) is 4.79 Å². The number of aryl methyl sites for hydroxylation is 1. The summed E-state index contributed by atoms with van der Waals surface area (Å²) in [4.78, 5) is 34.1. The van der Waals surface area contributed by atoms with Crippen molar-refractivity contribution in [3.05, 3.63) is 96.6 Å². The molecule has 3 aromatic rings. The smallest absolute Gasteiger partial charge is 0.343 e. The minimum absolute atomic E-state index is 0.0822. The molecule has 1 fully saturated rings. The molecule has 1 atom stereocenters. The summed E-state index contributed by atoms with van der Waals surface area (Å²) in [6.07, 6.45) is 20.0. The molecule has 1 aliphatic rings. The second-order valence-electron chi connectivity index (χ2n) is 14.1. The number of unbranched alkanes of at least 4 members (excludes halogenated alkanes) is 11. The van der Waals surface area contributed by atoms with Gasteiger partial charge in [0.2, 0.25) is 0 Å². The van der Waals surface area contributed by atoms with E-state index in [1.165, 1.54) is 76.7 Å². The molecule has 1 aliphatic heterocycles. The Morgan fingerprint density at radius 3 is 1.60 bits per heavy atom. The number of esters is 3. The average Bonchev–Trinajstić information content (AvgIpc) is 3.22. The van der Waals surface area contributed by atoms with E-state index in [0.717, 1.165) is 70.2 Å². The van der Waals surface area contributed by atoms with Gasteiger partial charge in [0.25, 0.3) is 0 Å². The Balaban J connectivity index is 0.000000310. The van der Waals surface area contributed by atoms with Crippen molar-refractivity contribution in [2.45, 2.75) is 123 Å². The lowest BCUT2D eigenvalue weighted by atomic mass is 10.1. The molecule has 57 heavy (non-hydrogen) atoms. The van der Waals surface area contributed by atoms with E-state index < -0.39 is 17.9 Å². The lowest BCUT2D eigenvalue weighted by molar-refractivity contribution is -0.162. The Kier molecular flexibility index (Phi) is 24.2. The quantitative estimate of drug-likeness (QED) is 0.0337. The van der Waals surface area contributed by atoms with Crippen molar-refractivity contribution >= 4 is 17.9 Å². The molecule has 1 saturated heterocycles. The summed E-state index contributed by atoms with van der Waals surface area (Å²) in [7, 11) is 0. The fourth-order valence-electron chi connectivity index (χ4n) is 5.90. The molecule has 0 saturated carbocycles. The molecular weight excluding hydrogens is 725 g/mol. The van der Waals surface area contributed by atoms with Crippen LogP contribution in [0, 0.1) is 6.92 Å². The predicted molar refractivity (Wildman–Crippen MR) is 222 cm³/mol. The van der Waals surface area contributed by atoms with Crippen molar-refractivity contribution in [3.63, 3.8) is 0 Å². The Labute approximate surface area is 340 Å². The third-order valence-electron chi connectivity index (χ3n) is 9.12. The van der Waals surface area contributed by atoms with Crippen molar-refractivity contribution in [1.29, 1.82) is 0 Å². The summed E-state index contributed by atoms with van der Waals surface area (Å²) in [5, 5.41) is 0. The summed E-state index contributed by atoms with van der Waals surface area (Å²) in [5.41, 5.74) is 1.67. The molecule has 0 radical (unpaired) electrons. The number of carbonyl (C=O) groups is 3. The van der Waals surface area contributed by atoms with Crippen LogP contribution in [0.25, 0.3) is 0 Å². The first kappa shape index (κ1) is 46.7. The van der Waals surface area contributed by atoms with Crippen LogP contribution in [0.3, 0.4) is 0 Å². The van der Waals surface area contributed by atoms with E-state index in [9.17, 15) is 14.4 Å². The Morgan fingerprint density at radius 2 is 1.09 bits per heavy atom. The standard InChI is InChI=1S/C24H26O7.C23H38O3/c1-3-23(26)29-17-7-5-4-6-16-28-20-10-8-19(9-11-20)24(27)31-22-14-12-21(13-15-22)30-18(2)25;1-21-14-16-22(17-15-21)24-18-10-7-5-3-2-4-6-8-11-19-25-23-13-9-12-20-26-23/h3,8-15H,1,4-7,16-17H2,2H3;14-17,23H,2-13,18-20H2,1H3. The molecule has 0 aromatic heterocycles. The van der Waals surface area contributed by atoms with E-state index in [2.05, 4.69) is 37.8 Å². The molecule has 10 heteroatoms. The first-order valence-corrected chi connectivity index (χ1v) is 20.8. The molecule has 312 valence electrons. The van der Waals surface area contributed by atoms with Crippen molar-refractivity contribution in [2.75, 3.05) is 33.0 Å². The van der Waals surface area contributed by atoms with Crippen LogP contribution in [0.5, 0.6) is 23.0 Å². The Hall–Kier alpha value is -4.67. The number of carbonyl (C=O) groups excluding carboxylic acids is 3. The van der Waals surface area contributed by atoms with Crippen molar-refractivity contribution in [3.8, 4) is 23.0 Å². The first-order valence-electron chi connectivity index (χ1n) is 20.8. The summed E-state index contributed by atoms with van der Waals surface area (Å²) < 4.78 is 37.9. The maximum atomic E-state index is 12.2. The molecule has 3 aromatic carbocycles. The summed E-state index contributed by atoms with van der Waals surface area (Å²) in [5.74, 6) is 1.08. The lowest BCUT2D eigenvalue weighted by Gasteiger charge is -2.22. The van der Waals surface area contributed by atoms with E-state index in [1.54, 1.807) is 48.5 Å². The highest BCUT2D eigenvalue weighted by Crippen LogP contribution is 2.21. The second-order valence-corrected chi connectivity index (χ2v) is 14.1. The van der Waals surface area contributed by atoms with Gasteiger partial charge in [-0.1, -0.05) is 69.2 Å². The predicted octanol–water partition coefficient (Wildman–Crippen LogP) is 10.9. The fraction of sp³-hybridized carbons (Fsp3) is 0.511. The van der Waals surface area contributed by atoms with Gasteiger partial charge in [-0.2, -0.15) is 0 Å². The monoisotopic (exact) mass is 788 g/mol. The molecule has 0 N–H and O–H groups in total. The van der Waals surface area contributed by atoms with Crippen LogP contribution in [0.4, 0.5) is 0 Å². The number of hydrogen-bond acceptors (Lipinski definition) is 10. The molecule has 0 spiro atoms. The molecule has 0 bridgehead atoms. The van der Waals surface area contributed by atoms with Gasteiger partial charge in [-0.25, -0.2) is 9.59 Å². The van der Waals surface area contributed by atoms with E-state index in [0.29, 0.717) is 36.0 Å². The zero-order chi connectivity index (χ0) is 40.8. The van der Waals surface area contributed by atoms with Crippen LogP contribution in [0.2, 0.25) is 0 Å². The molecule has 10 nitrogen and oxygen atoms in total. The van der Waals surface area contributed by atoms with Gasteiger partial charge in [-0.15, -0.1) is 0 Å². The van der Waals surface area contributed by atoms with Crippen LogP contribution in [-0.2, 0) is 23.8 Å². The van der Waals surface area contributed by atoms with E-state index in [-0.39, 0.29) is 6.29 Å². The zero-order valence-electron chi connectivity index (χ0n) is 34.2. The number of ether oxygens (including phenoxy) is 7. The minimum Gasteiger partial charge on any atom is -0.494 e. The third kappa shape index (κ3) is 22.6. The van der Waals surface area contributed by atoms with Crippen LogP contribution in [-0.4, -0.2) is 57.2 Å². The van der Waals surface area contributed by atoms with E-state index in [4.69, 9.17) is 33.2 Å². The molecule has 4 rings (SSSR count). The van der Waals surface area contributed by atoms with Crippen LogP contribution < -0.4 is 18.9 Å². The van der Waals surface area contributed by atoms with Gasteiger partial charge in [0.05, 0.1) is 25.4 Å². The fourth-order valence-corrected chi connectivity index (χ4v) is 5.90. The minimum atomic E-state index is -0.496. The third-order valence-corrected chi connectivity index (χ3v) is 9.12. The summed E-state index contributed by atoms with van der Waals surface area (Å²) in [6.45, 7) is 10.3. The SMILES string of the molecule is C=CC(=O)OCCCCCCOc1ccc(C(=O)Oc2ccc(OC(C)=O)cc2)cc1.Cc1ccc(OCCCCCCCCCCCOC2CCCCO2)cc1. The topological polar surface area (TPSA) is 116 Å². The molecule has 0 aliphatic carbocycles. The van der Waals surface area contributed by atoms with Gasteiger partial charge in [0.15, 0.2) is 6.29 Å². The summed E-state index contributed by atoms with van der Waals surface area (Å²) >= 11 is 0. The van der Waals surface area contributed by atoms with Crippen molar-refractivity contribution < 1.29 is 47.5 Å². The highest BCUT2D eigenvalue weighted by atomic mass is 16.7. The Morgan fingerprint density at radius 1 is 0.614 bits per heavy atom. The van der Waals surface area contributed by atoms with Crippen LogP contribution >= 0.6 is 0 Å². The van der Waals surface area contributed by atoms with Crippen molar-refractivity contribution in [1.82, 2.24) is 0 Å². The summed E-state index contributed by atoms with van der Waals surface area (Å²) in [6, 6.07) is 21.2. The van der Waals surface area contributed by atoms with E-state index >= 15 is 0 Å². The van der Waals surface area contributed by atoms with Gasteiger partial charge in [-0.05, 0) is 125 Å². The highest BCUT2D eigenvalue weighted by Gasteiger charge is 2.13. The Bertz CT molecular complexity index is 1530. The molecular formula is C47H64O10. The van der Waals surface area contributed by atoms with Gasteiger partial charge in [0.1, 0.15) is 23.0 Å². The van der Waals surface area contributed by atoms with Crippen LogP contribution in [0.1, 0.15) is 126 Å². The largest absolute Gasteiger partial charge is 0.494 e.